The Bertz CT molecular complexity index is 685. The van der Waals surface area contributed by atoms with Crippen LogP contribution in [0.25, 0.3) is 0 Å². The van der Waals surface area contributed by atoms with Crippen LogP contribution in [0.5, 0.6) is 0 Å². The van der Waals surface area contributed by atoms with E-state index in [1.54, 1.807) is 12.1 Å². The molecule has 1 aromatic carbocycles. The van der Waals surface area contributed by atoms with E-state index in [0.717, 1.165) is 5.56 Å². The van der Waals surface area contributed by atoms with Crippen molar-refractivity contribution in [2.45, 2.75) is 26.2 Å². The van der Waals surface area contributed by atoms with E-state index in [-0.39, 0.29) is 24.2 Å². The van der Waals surface area contributed by atoms with E-state index in [2.05, 4.69) is 15.2 Å². The normalized spacial score (nSPS) is 16.5. The maximum Gasteiger partial charge on any atom is 0.308 e. The average Bonchev–Trinajstić information content (AvgIpc) is 2.70. The number of nitrogens with zero attached hydrogens (tertiary/aromatic N) is 2. The van der Waals surface area contributed by atoms with Gasteiger partial charge in [0.15, 0.2) is 5.96 Å². The molecule has 0 aliphatic carbocycles. The Kier molecular flexibility index (Phi) is 8.22. The lowest BCUT2D eigenvalue weighted by molar-refractivity contribution is -0.146. The first-order valence-electron chi connectivity index (χ1n) is 9.59. The molecule has 0 saturated carbocycles. The van der Waals surface area contributed by atoms with Gasteiger partial charge in [0, 0.05) is 19.6 Å². The van der Waals surface area contributed by atoms with Crippen molar-refractivity contribution < 1.29 is 18.7 Å². The van der Waals surface area contributed by atoms with Crippen LogP contribution in [0.2, 0.25) is 0 Å². The van der Waals surface area contributed by atoms with Crippen LogP contribution in [-0.4, -0.2) is 56.0 Å². The van der Waals surface area contributed by atoms with Gasteiger partial charge in [-0.05, 0) is 43.9 Å². The predicted octanol–water partition coefficient (Wildman–Crippen LogP) is 1.32. The fourth-order valence-electron chi connectivity index (χ4n) is 3.28. The number of esters is 1. The molecule has 1 unspecified atom stereocenters. The molecule has 1 saturated heterocycles. The largest absolute Gasteiger partial charge is 0.469 e. The number of guanidine groups is 1. The number of carbonyl (C=O) groups is 2. The number of hydrogen-bond donors (Lipinski definition) is 2. The van der Waals surface area contributed by atoms with Crippen molar-refractivity contribution in [1.82, 2.24) is 10.2 Å². The van der Waals surface area contributed by atoms with Gasteiger partial charge in [-0.15, -0.1) is 0 Å². The summed E-state index contributed by atoms with van der Waals surface area (Å²) in [4.78, 5) is 30.2. The molecular weight excluding hydrogens is 363 g/mol. The number of carbonyl (C=O) groups excluding carboxylic acids is 2. The molecule has 0 radical (unpaired) electrons. The lowest BCUT2D eigenvalue weighted by atomic mass is 9.97. The second kappa shape index (κ2) is 10.6. The van der Waals surface area contributed by atoms with Gasteiger partial charge in [0.05, 0.1) is 25.5 Å². The molecule has 0 bridgehead atoms. The maximum atomic E-state index is 13.1. The highest BCUT2D eigenvalue weighted by molar-refractivity contribution is 5.82. The third-order valence-corrected chi connectivity index (χ3v) is 4.92. The highest BCUT2D eigenvalue weighted by Crippen LogP contribution is 2.19. The SMILES string of the molecule is CCNC(=NCC(Cc1ccc(F)cc1)C(N)=O)N1CCC(C(=O)OC)CC1. The van der Waals surface area contributed by atoms with Crippen LogP contribution in [0.4, 0.5) is 4.39 Å². The molecule has 154 valence electrons. The highest BCUT2D eigenvalue weighted by atomic mass is 19.1. The molecule has 1 aliphatic rings. The number of primary amides is 1. The van der Waals surface area contributed by atoms with Crippen LogP contribution in [-0.2, 0) is 20.7 Å². The van der Waals surface area contributed by atoms with Gasteiger partial charge < -0.3 is 20.7 Å². The number of hydrogen-bond acceptors (Lipinski definition) is 4. The lowest BCUT2D eigenvalue weighted by Gasteiger charge is -2.33. The molecule has 1 heterocycles. The zero-order valence-corrected chi connectivity index (χ0v) is 16.5. The number of nitrogens with two attached hydrogens (primary N) is 1. The lowest BCUT2D eigenvalue weighted by Crippen LogP contribution is -2.47. The maximum absolute atomic E-state index is 13.1. The molecule has 2 rings (SSSR count). The minimum absolute atomic E-state index is 0.0824. The van der Waals surface area contributed by atoms with E-state index in [1.807, 2.05) is 6.92 Å². The predicted molar refractivity (Wildman–Crippen MR) is 105 cm³/mol. The zero-order valence-electron chi connectivity index (χ0n) is 16.5. The average molecular weight is 392 g/mol. The Hall–Kier alpha value is -2.64. The molecule has 28 heavy (non-hydrogen) atoms. The Labute approximate surface area is 165 Å². The number of piperidine rings is 1. The summed E-state index contributed by atoms with van der Waals surface area (Å²) >= 11 is 0. The summed E-state index contributed by atoms with van der Waals surface area (Å²) in [7, 11) is 1.41. The number of likely N-dealkylation sites (tertiary alicyclic amines) is 1. The summed E-state index contributed by atoms with van der Waals surface area (Å²) in [5.74, 6) is -0.783. The molecule has 7 nitrogen and oxygen atoms in total. The number of amides is 1. The third kappa shape index (κ3) is 6.21. The first-order valence-corrected chi connectivity index (χ1v) is 9.59. The highest BCUT2D eigenvalue weighted by Gasteiger charge is 2.27. The summed E-state index contributed by atoms with van der Waals surface area (Å²) < 4.78 is 17.9. The molecule has 0 aromatic heterocycles. The van der Waals surface area contributed by atoms with Gasteiger partial charge in [0.25, 0.3) is 0 Å². The van der Waals surface area contributed by atoms with Crippen LogP contribution in [0, 0.1) is 17.7 Å². The van der Waals surface area contributed by atoms with E-state index in [4.69, 9.17) is 10.5 Å². The number of methoxy groups -OCH3 is 1. The third-order valence-electron chi connectivity index (χ3n) is 4.92. The van der Waals surface area contributed by atoms with Gasteiger partial charge in [-0.1, -0.05) is 12.1 Å². The van der Waals surface area contributed by atoms with Crippen LogP contribution in [0.1, 0.15) is 25.3 Å². The van der Waals surface area contributed by atoms with E-state index in [0.29, 0.717) is 44.9 Å². The second-order valence-corrected chi connectivity index (χ2v) is 6.91. The molecule has 1 atom stereocenters. The fourth-order valence-corrected chi connectivity index (χ4v) is 3.28. The molecule has 1 aliphatic heterocycles. The number of rotatable bonds is 7. The van der Waals surface area contributed by atoms with Crippen LogP contribution in [0.15, 0.2) is 29.3 Å². The van der Waals surface area contributed by atoms with Crippen molar-refractivity contribution in [2.24, 2.45) is 22.6 Å². The quantitative estimate of drug-likeness (QED) is 0.414. The summed E-state index contributed by atoms with van der Waals surface area (Å²) in [6.07, 6.45) is 1.81. The number of benzene rings is 1. The Morgan fingerprint density at radius 3 is 2.50 bits per heavy atom. The van der Waals surface area contributed by atoms with Crippen LogP contribution < -0.4 is 11.1 Å². The second-order valence-electron chi connectivity index (χ2n) is 6.91. The first kappa shape index (κ1) is 21.7. The van der Waals surface area contributed by atoms with Gasteiger partial charge in [-0.25, -0.2) is 4.39 Å². The van der Waals surface area contributed by atoms with Crippen molar-refractivity contribution in [3.8, 4) is 0 Å². The number of nitrogens with one attached hydrogen (secondary N) is 1. The summed E-state index contributed by atoms with van der Waals surface area (Å²) in [6.45, 7) is 4.28. The zero-order chi connectivity index (χ0) is 20.5. The van der Waals surface area contributed by atoms with Crippen molar-refractivity contribution in [3.05, 3.63) is 35.6 Å². The minimum atomic E-state index is -0.480. The van der Waals surface area contributed by atoms with Crippen LogP contribution >= 0.6 is 0 Å². The van der Waals surface area contributed by atoms with Crippen molar-refractivity contribution in [3.63, 3.8) is 0 Å². The smallest absolute Gasteiger partial charge is 0.308 e. The Morgan fingerprint density at radius 1 is 1.32 bits per heavy atom. The number of halogens is 1. The van der Waals surface area contributed by atoms with Gasteiger partial charge >= 0.3 is 5.97 Å². The van der Waals surface area contributed by atoms with Gasteiger partial charge in [-0.2, -0.15) is 0 Å². The van der Waals surface area contributed by atoms with E-state index in [1.165, 1.54) is 19.2 Å². The van der Waals surface area contributed by atoms with Gasteiger partial charge in [0.2, 0.25) is 5.91 Å². The van der Waals surface area contributed by atoms with Crippen molar-refractivity contribution >= 4 is 17.8 Å². The molecular formula is C20H29FN4O3. The molecule has 1 aromatic rings. The number of ether oxygens (including phenoxy) is 1. The van der Waals surface area contributed by atoms with E-state index in [9.17, 15) is 14.0 Å². The summed E-state index contributed by atoms with van der Waals surface area (Å²) in [5.41, 5.74) is 6.39. The minimum Gasteiger partial charge on any atom is -0.469 e. The number of aliphatic imine (C=N–C) groups is 1. The van der Waals surface area contributed by atoms with Gasteiger partial charge in [-0.3, -0.25) is 14.6 Å². The molecule has 1 amide bonds. The summed E-state index contributed by atoms with van der Waals surface area (Å²) in [5, 5.41) is 3.23. The monoisotopic (exact) mass is 392 g/mol. The van der Waals surface area contributed by atoms with Crippen molar-refractivity contribution in [1.29, 1.82) is 0 Å². The molecule has 8 heteroatoms. The van der Waals surface area contributed by atoms with E-state index >= 15 is 0 Å². The van der Waals surface area contributed by atoms with E-state index < -0.39 is 11.8 Å². The van der Waals surface area contributed by atoms with Crippen LogP contribution in [0.3, 0.4) is 0 Å². The van der Waals surface area contributed by atoms with Crippen molar-refractivity contribution in [2.75, 3.05) is 33.3 Å². The Balaban J connectivity index is 2.01. The fraction of sp³-hybridized carbons (Fsp3) is 0.550. The Morgan fingerprint density at radius 2 is 1.96 bits per heavy atom. The van der Waals surface area contributed by atoms with Gasteiger partial charge in [0.1, 0.15) is 5.82 Å². The topological polar surface area (TPSA) is 97.0 Å². The first-order chi connectivity index (χ1) is 13.4. The molecule has 1 fully saturated rings. The summed E-state index contributed by atoms with van der Waals surface area (Å²) in [6, 6.07) is 6.04. The molecule has 3 N–H and O–H groups in total. The molecule has 0 spiro atoms. The standard InChI is InChI=1S/C20H29FN4O3/c1-3-23-20(25-10-8-15(9-11-25)19(27)28-2)24-13-16(18(22)26)12-14-4-6-17(21)7-5-14/h4-7,15-16H,3,8-13H2,1-2H3,(H2,22,26)(H,23,24).